The predicted molar refractivity (Wildman–Crippen MR) is 146 cm³/mol. The highest BCUT2D eigenvalue weighted by Gasteiger charge is 2.49. The van der Waals surface area contributed by atoms with Crippen LogP contribution in [0, 0.1) is 11.2 Å². The van der Waals surface area contributed by atoms with Gasteiger partial charge in [0.2, 0.25) is 5.91 Å². The summed E-state index contributed by atoms with van der Waals surface area (Å²) in [7, 11) is 2.10. The molecule has 1 aliphatic carbocycles. The Labute approximate surface area is 233 Å². The third-order valence-electron chi connectivity index (χ3n) is 8.53. The quantitative estimate of drug-likeness (QED) is 0.593. The SMILES string of the molecule is CN1CCCCN(C(=O)c2nc[nH]c2C(=O)N[C@H]2CC[C@@]3(CCN(c4ccc(F)cc4Cl)C3=O)CC2)CCC1. The summed E-state index contributed by atoms with van der Waals surface area (Å²) in [5.41, 5.74) is 0.387. The summed E-state index contributed by atoms with van der Waals surface area (Å²) < 4.78 is 13.5. The van der Waals surface area contributed by atoms with Gasteiger partial charge in [0.25, 0.3) is 11.8 Å². The number of aromatic amines is 1. The molecule has 1 aromatic carbocycles. The first-order valence-corrected chi connectivity index (χ1v) is 14.2. The van der Waals surface area contributed by atoms with Crippen LogP contribution >= 0.6 is 11.6 Å². The lowest BCUT2D eigenvalue weighted by atomic mass is 9.71. The number of H-pyrrole nitrogens is 1. The number of benzene rings is 1. The predicted octanol–water partition coefficient (Wildman–Crippen LogP) is 3.86. The van der Waals surface area contributed by atoms with Crippen molar-refractivity contribution in [2.24, 2.45) is 5.41 Å². The fourth-order valence-corrected chi connectivity index (χ4v) is 6.48. The molecule has 39 heavy (non-hydrogen) atoms. The standard InChI is InChI=1S/C28H36ClFN6O3/c1-34-12-2-3-14-35(15-4-13-34)26(38)24-23(31-18-32-24)25(37)33-20-7-9-28(10-8-20)11-16-36(27(28)39)22-6-5-19(30)17-21(22)29/h5-6,17-18,20H,2-4,7-16H2,1H3,(H,31,32)(H,33,37)/t20-,28-. The summed E-state index contributed by atoms with van der Waals surface area (Å²) in [4.78, 5) is 52.8. The molecule has 3 fully saturated rings. The lowest BCUT2D eigenvalue weighted by Crippen LogP contribution is -2.44. The molecule has 2 aromatic rings. The number of carbonyl (C=O) groups is 3. The maximum absolute atomic E-state index is 13.5. The average Bonchev–Trinajstić information content (AvgIpc) is 3.54. The summed E-state index contributed by atoms with van der Waals surface area (Å²) in [6.45, 7) is 3.77. The molecule has 0 atom stereocenters. The van der Waals surface area contributed by atoms with E-state index in [1.165, 1.54) is 18.5 Å². The van der Waals surface area contributed by atoms with E-state index in [1.807, 2.05) is 0 Å². The van der Waals surface area contributed by atoms with E-state index in [2.05, 4.69) is 27.2 Å². The van der Waals surface area contributed by atoms with Gasteiger partial charge in [-0.15, -0.1) is 0 Å². The first-order chi connectivity index (χ1) is 18.8. The van der Waals surface area contributed by atoms with Crippen molar-refractivity contribution in [1.82, 2.24) is 25.1 Å². The van der Waals surface area contributed by atoms with Crippen molar-refractivity contribution < 1.29 is 18.8 Å². The van der Waals surface area contributed by atoms with E-state index in [-0.39, 0.29) is 40.2 Å². The summed E-state index contributed by atoms with van der Waals surface area (Å²) >= 11 is 6.23. The number of imidazole rings is 1. The topological polar surface area (TPSA) is 102 Å². The van der Waals surface area contributed by atoms with Gasteiger partial charge in [0.15, 0.2) is 5.69 Å². The summed E-state index contributed by atoms with van der Waals surface area (Å²) in [6.07, 6.45) is 7.50. The average molecular weight is 559 g/mol. The van der Waals surface area contributed by atoms with Gasteiger partial charge in [-0.2, -0.15) is 0 Å². The van der Waals surface area contributed by atoms with E-state index in [0.29, 0.717) is 57.4 Å². The molecule has 2 saturated heterocycles. The zero-order valence-corrected chi connectivity index (χ0v) is 23.1. The van der Waals surface area contributed by atoms with Gasteiger partial charge in [-0.1, -0.05) is 11.6 Å². The Kier molecular flexibility index (Phi) is 8.23. The van der Waals surface area contributed by atoms with Gasteiger partial charge in [-0.25, -0.2) is 9.37 Å². The monoisotopic (exact) mass is 558 g/mol. The van der Waals surface area contributed by atoms with Crippen LogP contribution in [0.2, 0.25) is 5.02 Å². The molecule has 2 N–H and O–H groups in total. The molecule has 210 valence electrons. The van der Waals surface area contributed by atoms with Gasteiger partial charge in [0.1, 0.15) is 11.5 Å². The number of carbonyl (C=O) groups excluding carboxylic acids is 3. The number of aromatic nitrogens is 2. The number of hydrogen-bond donors (Lipinski definition) is 2. The van der Waals surface area contributed by atoms with Gasteiger partial charge < -0.3 is 25.0 Å². The Balaban J connectivity index is 1.19. The molecule has 3 aliphatic rings. The summed E-state index contributed by atoms with van der Waals surface area (Å²) in [6, 6.07) is 3.99. The molecule has 0 bridgehead atoms. The van der Waals surface area contributed by atoms with E-state index in [0.717, 1.165) is 32.4 Å². The highest BCUT2D eigenvalue weighted by molar-refractivity contribution is 6.34. The minimum absolute atomic E-state index is 0.0116. The fourth-order valence-electron chi connectivity index (χ4n) is 6.21. The minimum atomic E-state index is -0.494. The first-order valence-electron chi connectivity index (χ1n) is 13.9. The largest absolute Gasteiger partial charge is 0.348 e. The highest BCUT2D eigenvalue weighted by atomic mass is 35.5. The molecule has 1 aromatic heterocycles. The van der Waals surface area contributed by atoms with Gasteiger partial charge in [-0.05, 0) is 89.7 Å². The molecule has 1 saturated carbocycles. The van der Waals surface area contributed by atoms with Crippen LogP contribution in [0.1, 0.15) is 72.3 Å². The van der Waals surface area contributed by atoms with Crippen molar-refractivity contribution >= 4 is 35.0 Å². The molecule has 1 spiro atoms. The summed E-state index contributed by atoms with van der Waals surface area (Å²) in [5.74, 6) is -0.992. The van der Waals surface area contributed by atoms with E-state index in [9.17, 15) is 18.8 Å². The van der Waals surface area contributed by atoms with Crippen LogP contribution in [0.25, 0.3) is 0 Å². The maximum Gasteiger partial charge on any atom is 0.274 e. The van der Waals surface area contributed by atoms with Crippen LogP contribution in [0.3, 0.4) is 0 Å². The Morgan fingerprint density at radius 1 is 1.08 bits per heavy atom. The van der Waals surface area contributed by atoms with Gasteiger partial charge >= 0.3 is 0 Å². The second kappa shape index (κ2) is 11.6. The number of nitrogens with zero attached hydrogens (tertiary/aromatic N) is 4. The fraction of sp³-hybridized carbons (Fsp3) is 0.571. The van der Waals surface area contributed by atoms with Crippen LogP contribution in [-0.2, 0) is 4.79 Å². The highest BCUT2D eigenvalue weighted by Crippen LogP contribution is 2.47. The van der Waals surface area contributed by atoms with Crippen LogP contribution in [0.5, 0.6) is 0 Å². The second-order valence-corrected chi connectivity index (χ2v) is 11.5. The minimum Gasteiger partial charge on any atom is -0.348 e. The van der Waals surface area contributed by atoms with E-state index < -0.39 is 11.2 Å². The normalized spacial score (nSPS) is 24.9. The van der Waals surface area contributed by atoms with Crippen LogP contribution in [-0.4, -0.2) is 83.3 Å². The van der Waals surface area contributed by atoms with Crippen molar-refractivity contribution in [3.8, 4) is 0 Å². The molecular formula is C28H36ClFN6O3. The molecule has 0 unspecified atom stereocenters. The lowest BCUT2D eigenvalue weighted by Gasteiger charge is -2.36. The van der Waals surface area contributed by atoms with E-state index in [4.69, 9.17) is 11.6 Å². The van der Waals surface area contributed by atoms with Crippen molar-refractivity contribution in [3.05, 3.63) is 46.8 Å². The molecule has 9 nitrogen and oxygen atoms in total. The third kappa shape index (κ3) is 5.82. The number of hydrogen-bond acceptors (Lipinski definition) is 5. The van der Waals surface area contributed by atoms with Crippen molar-refractivity contribution in [2.45, 2.75) is 57.4 Å². The van der Waals surface area contributed by atoms with E-state index in [1.54, 1.807) is 15.9 Å². The molecule has 5 rings (SSSR count). The van der Waals surface area contributed by atoms with Gasteiger partial charge in [-0.3, -0.25) is 14.4 Å². The number of rotatable bonds is 4. The number of amides is 3. The zero-order valence-electron chi connectivity index (χ0n) is 22.3. The third-order valence-corrected chi connectivity index (χ3v) is 8.84. The molecular weight excluding hydrogens is 523 g/mol. The lowest BCUT2D eigenvalue weighted by molar-refractivity contribution is -0.127. The smallest absolute Gasteiger partial charge is 0.274 e. The number of anilines is 1. The summed E-state index contributed by atoms with van der Waals surface area (Å²) in [5, 5.41) is 3.29. The molecule has 2 aliphatic heterocycles. The van der Waals surface area contributed by atoms with Crippen molar-refractivity contribution in [2.75, 3.05) is 44.7 Å². The first kappa shape index (κ1) is 27.6. The van der Waals surface area contributed by atoms with Crippen LogP contribution < -0.4 is 10.2 Å². The Morgan fingerprint density at radius 2 is 1.79 bits per heavy atom. The molecule has 3 amide bonds. The number of nitrogens with one attached hydrogen (secondary N) is 2. The number of halogens is 2. The van der Waals surface area contributed by atoms with Crippen molar-refractivity contribution in [1.29, 1.82) is 0 Å². The molecule has 3 heterocycles. The van der Waals surface area contributed by atoms with Crippen molar-refractivity contribution in [3.63, 3.8) is 0 Å². The van der Waals surface area contributed by atoms with Crippen LogP contribution in [0.15, 0.2) is 24.5 Å². The van der Waals surface area contributed by atoms with Gasteiger partial charge in [0, 0.05) is 25.7 Å². The Bertz CT molecular complexity index is 1230. The maximum atomic E-state index is 13.5. The Hall–Kier alpha value is -2.98. The van der Waals surface area contributed by atoms with E-state index >= 15 is 0 Å². The molecule has 11 heteroatoms. The second-order valence-electron chi connectivity index (χ2n) is 11.1. The molecule has 0 radical (unpaired) electrons. The Morgan fingerprint density at radius 3 is 2.56 bits per heavy atom. The zero-order chi connectivity index (χ0) is 27.6. The van der Waals surface area contributed by atoms with Gasteiger partial charge in [0.05, 0.1) is 22.5 Å². The van der Waals surface area contributed by atoms with Crippen LogP contribution in [0.4, 0.5) is 10.1 Å².